The number of imidazole rings is 1. The standard InChI is InChI=1S/C17H17FN2O/c1-11-7-8-12(18)9-13(11)16(21)10-17-19-14-5-3-4-6-15(14)20(17)2/h3-9,16,21H,10H2,1-2H3. The SMILES string of the molecule is Cc1ccc(F)cc1C(O)Cc1nc2ccccc2n1C. The first kappa shape index (κ1) is 13.8. The van der Waals surface area contributed by atoms with Crippen LogP contribution in [0, 0.1) is 12.7 Å². The molecular formula is C17H17FN2O. The Kier molecular flexibility index (Phi) is 3.47. The minimum Gasteiger partial charge on any atom is -0.388 e. The van der Waals surface area contributed by atoms with Crippen LogP contribution < -0.4 is 0 Å². The van der Waals surface area contributed by atoms with Gasteiger partial charge in [-0.3, -0.25) is 0 Å². The number of aryl methyl sites for hydroxylation is 2. The number of aliphatic hydroxyl groups excluding tert-OH is 1. The molecule has 0 saturated carbocycles. The van der Waals surface area contributed by atoms with Gasteiger partial charge in [-0.2, -0.15) is 0 Å². The molecule has 0 amide bonds. The van der Waals surface area contributed by atoms with Crippen LogP contribution in [0.3, 0.4) is 0 Å². The molecule has 3 aromatic rings. The van der Waals surface area contributed by atoms with Crippen LogP contribution in [-0.2, 0) is 13.5 Å². The van der Waals surface area contributed by atoms with Crippen molar-refractivity contribution < 1.29 is 9.50 Å². The summed E-state index contributed by atoms with van der Waals surface area (Å²) in [6.45, 7) is 1.87. The molecule has 2 aromatic carbocycles. The van der Waals surface area contributed by atoms with Gasteiger partial charge in [0.2, 0.25) is 0 Å². The number of rotatable bonds is 3. The molecule has 4 heteroatoms. The number of benzene rings is 2. The summed E-state index contributed by atoms with van der Waals surface area (Å²) in [4.78, 5) is 4.54. The fourth-order valence-corrected chi connectivity index (χ4v) is 2.63. The predicted octanol–water partition coefficient (Wildman–Crippen LogP) is 3.30. The molecule has 0 saturated heterocycles. The van der Waals surface area contributed by atoms with E-state index >= 15 is 0 Å². The lowest BCUT2D eigenvalue weighted by molar-refractivity contribution is 0.174. The Morgan fingerprint density at radius 2 is 2.00 bits per heavy atom. The summed E-state index contributed by atoms with van der Waals surface area (Å²) in [5.74, 6) is 0.451. The van der Waals surface area contributed by atoms with E-state index < -0.39 is 6.10 Å². The van der Waals surface area contributed by atoms with E-state index in [1.807, 2.05) is 42.8 Å². The van der Waals surface area contributed by atoms with E-state index in [1.54, 1.807) is 6.07 Å². The number of fused-ring (bicyclic) bond motifs is 1. The van der Waals surface area contributed by atoms with E-state index in [9.17, 15) is 9.50 Å². The topological polar surface area (TPSA) is 38.1 Å². The zero-order valence-corrected chi connectivity index (χ0v) is 12.0. The highest BCUT2D eigenvalue weighted by molar-refractivity contribution is 5.75. The first-order valence-electron chi connectivity index (χ1n) is 6.90. The number of hydrogen-bond acceptors (Lipinski definition) is 2. The van der Waals surface area contributed by atoms with Crippen LogP contribution in [0.25, 0.3) is 11.0 Å². The van der Waals surface area contributed by atoms with Gasteiger partial charge in [0.05, 0.1) is 17.1 Å². The van der Waals surface area contributed by atoms with Crippen molar-refractivity contribution in [1.82, 2.24) is 9.55 Å². The summed E-state index contributed by atoms with van der Waals surface area (Å²) in [6.07, 6.45) is -0.411. The molecule has 108 valence electrons. The molecule has 1 unspecified atom stereocenters. The molecule has 0 aliphatic carbocycles. The molecule has 0 radical (unpaired) electrons. The lowest BCUT2D eigenvalue weighted by Gasteiger charge is -2.13. The zero-order chi connectivity index (χ0) is 15.0. The molecule has 0 aliphatic rings. The van der Waals surface area contributed by atoms with Crippen molar-refractivity contribution in [3.63, 3.8) is 0 Å². The maximum Gasteiger partial charge on any atom is 0.123 e. The third kappa shape index (κ3) is 2.54. The lowest BCUT2D eigenvalue weighted by Crippen LogP contribution is -2.08. The average Bonchev–Trinajstić information content (AvgIpc) is 2.78. The molecular weight excluding hydrogens is 267 g/mol. The second kappa shape index (κ2) is 5.30. The number of para-hydroxylation sites is 2. The summed E-state index contributed by atoms with van der Waals surface area (Å²) < 4.78 is 15.3. The number of aliphatic hydroxyl groups is 1. The van der Waals surface area contributed by atoms with Gasteiger partial charge in [-0.25, -0.2) is 9.37 Å². The van der Waals surface area contributed by atoms with Crippen molar-refractivity contribution >= 4 is 11.0 Å². The van der Waals surface area contributed by atoms with E-state index in [-0.39, 0.29) is 5.82 Å². The highest BCUT2D eigenvalue weighted by Gasteiger charge is 2.16. The van der Waals surface area contributed by atoms with Crippen LogP contribution in [0.5, 0.6) is 0 Å². The van der Waals surface area contributed by atoms with E-state index in [1.165, 1.54) is 12.1 Å². The molecule has 3 rings (SSSR count). The largest absolute Gasteiger partial charge is 0.388 e. The van der Waals surface area contributed by atoms with Crippen LogP contribution in [0.15, 0.2) is 42.5 Å². The van der Waals surface area contributed by atoms with Crippen molar-refractivity contribution in [3.8, 4) is 0 Å². The summed E-state index contributed by atoms with van der Waals surface area (Å²) in [5, 5.41) is 10.4. The molecule has 1 heterocycles. The minimum atomic E-state index is -0.767. The van der Waals surface area contributed by atoms with Gasteiger partial charge in [0, 0.05) is 13.5 Å². The molecule has 0 spiro atoms. The summed E-state index contributed by atoms with van der Waals surface area (Å²) in [6, 6.07) is 12.3. The fraction of sp³-hybridized carbons (Fsp3) is 0.235. The summed E-state index contributed by atoms with van der Waals surface area (Å²) >= 11 is 0. The van der Waals surface area contributed by atoms with Gasteiger partial charge < -0.3 is 9.67 Å². The average molecular weight is 284 g/mol. The molecule has 21 heavy (non-hydrogen) atoms. The fourth-order valence-electron chi connectivity index (χ4n) is 2.63. The Hall–Kier alpha value is -2.20. The van der Waals surface area contributed by atoms with Crippen LogP contribution in [0.1, 0.15) is 23.1 Å². The van der Waals surface area contributed by atoms with Crippen molar-refractivity contribution in [2.75, 3.05) is 0 Å². The number of aromatic nitrogens is 2. The third-order valence-electron chi connectivity index (χ3n) is 3.86. The zero-order valence-electron chi connectivity index (χ0n) is 12.0. The second-order valence-electron chi connectivity index (χ2n) is 5.30. The van der Waals surface area contributed by atoms with Gasteiger partial charge in [-0.15, -0.1) is 0 Å². The molecule has 1 N–H and O–H groups in total. The number of halogens is 1. The van der Waals surface area contributed by atoms with Gasteiger partial charge in [0.1, 0.15) is 11.6 Å². The first-order valence-corrected chi connectivity index (χ1v) is 6.90. The van der Waals surface area contributed by atoms with Gasteiger partial charge in [-0.05, 0) is 42.3 Å². The predicted molar refractivity (Wildman–Crippen MR) is 80.5 cm³/mol. The van der Waals surface area contributed by atoms with Gasteiger partial charge in [-0.1, -0.05) is 18.2 Å². The minimum absolute atomic E-state index is 0.334. The normalized spacial score (nSPS) is 12.8. The summed E-state index contributed by atoms with van der Waals surface area (Å²) in [7, 11) is 1.93. The number of hydrogen-bond donors (Lipinski definition) is 1. The van der Waals surface area contributed by atoms with Crippen LogP contribution in [0.2, 0.25) is 0 Å². The Morgan fingerprint density at radius 3 is 2.76 bits per heavy atom. The van der Waals surface area contributed by atoms with Gasteiger partial charge in [0.25, 0.3) is 0 Å². The van der Waals surface area contributed by atoms with Gasteiger partial charge in [0.15, 0.2) is 0 Å². The lowest BCUT2D eigenvalue weighted by atomic mass is 10.0. The number of nitrogens with zero attached hydrogens (tertiary/aromatic N) is 2. The Labute approximate surface area is 122 Å². The molecule has 0 bridgehead atoms. The second-order valence-corrected chi connectivity index (χ2v) is 5.30. The van der Waals surface area contributed by atoms with Crippen molar-refractivity contribution in [2.45, 2.75) is 19.4 Å². The van der Waals surface area contributed by atoms with E-state index in [0.717, 1.165) is 22.4 Å². The van der Waals surface area contributed by atoms with Crippen LogP contribution in [0.4, 0.5) is 4.39 Å². The van der Waals surface area contributed by atoms with E-state index in [4.69, 9.17) is 0 Å². The van der Waals surface area contributed by atoms with E-state index in [0.29, 0.717) is 12.0 Å². The van der Waals surface area contributed by atoms with Crippen molar-refractivity contribution in [1.29, 1.82) is 0 Å². The molecule has 3 nitrogen and oxygen atoms in total. The quantitative estimate of drug-likeness (QED) is 0.801. The Balaban J connectivity index is 1.94. The molecule has 1 atom stereocenters. The monoisotopic (exact) mass is 284 g/mol. The third-order valence-corrected chi connectivity index (χ3v) is 3.86. The first-order chi connectivity index (χ1) is 10.1. The maximum atomic E-state index is 13.4. The van der Waals surface area contributed by atoms with Crippen LogP contribution >= 0.6 is 0 Å². The van der Waals surface area contributed by atoms with Crippen molar-refractivity contribution in [3.05, 3.63) is 65.2 Å². The van der Waals surface area contributed by atoms with Crippen LogP contribution in [-0.4, -0.2) is 14.7 Å². The smallest absolute Gasteiger partial charge is 0.123 e. The maximum absolute atomic E-state index is 13.4. The Morgan fingerprint density at radius 1 is 1.24 bits per heavy atom. The van der Waals surface area contributed by atoms with E-state index in [2.05, 4.69) is 4.98 Å². The van der Waals surface area contributed by atoms with Crippen molar-refractivity contribution in [2.24, 2.45) is 7.05 Å². The molecule has 1 aromatic heterocycles. The Bertz CT molecular complexity index is 795. The molecule has 0 fully saturated rings. The van der Waals surface area contributed by atoms with Gasteiger partial charge >= 0.3 is 0 Å². The summed E-state index contributed by atoms with van der Waals surface area (Å²) in [5.41, 5.74) is 3.42. The molecule has 0 aliphatic heterocycles. The highest BCUT2D eigenvalue weighted by Crippen LogP contribution is 2.24. The highest BCUT2D eigenvalue weighted by atomic mass is 19.1.